The average Bonchev–Trinajstić information content (AvgIpc) is 3.19. The van der Waals surface area contributed by atoms with Gasteiger partial charge in [0.05, 0.1) is 20.8 Å². The standard InChI is InChI=1S/C25H31N3O3/c1-18(2)28(25(29)26-21-13-23(30-4)15-24(14-21)31-5)17-22-7-6-12-27(22)16-20-10-8-19(3)9-11-20/h6-15,18H,16-17H2,1-5H3,(H,26,29). The van der Waals surface area contributed by atoms with Gasteiger partial charge in [-0.3, -0.25) is 0 Å². The Kier molecular flexibility index (Phi) is 7.23. The maximum atomic E-state index is 13.1. The minimum absolute atomic E-state index is 0.0234. The Labute approximate surface area is 184 Å². The second-order valence-corrected chi connectivity index (χ2v) is 7.87. The number of aryl methyl sites for hydroxylation is 1. The number of amides is 2. The van der Waals surface area contributed by atoms with E-state index in [1.807, 2.05) is 24.8 Å². The van der Waals surface area contributed by atoms with Crippen LogP contribution in [0.4, 0.5) is 10.5 Å². The minimum Gasteiger partial charge on any atom is -0.497 e. The van der Waals surface area contributed by atoms with Crippen LogP contribution in [0.5, 0.6) is 11.5 Å². The zero-order valence-corrected chi connectivity index (χ0v) is 18.9. The quantitative estimate of drug-likeness (QED) is 0.537. The Balaban J connectivity index is 1.75. The molecular weight excluding hydrogens is 390 g/mol. The predicted octanol–water partition coefficient (Wildman–Crippen LogP) is 5.30. The molecule has 0 saturated heterocycles. The van der Waals surface area contributed by atoms with E-state index in [0.717, 1.165) is 12.2 Å². The molecule has 3 rings (SSSR count). The topological polar surface area (TPSA) is 55.7 Å². The van der Waals surface area contributed by atoms with Gasteiger partial charge in [0.15, 0.2) is 0 Å². The zero-order valence-electron chi connectivity index (χ0n) is 18.9. The highest BCUT2D eigenvalue weighted by molar-refractivity contribution is 5.90. The molecule has 6 nitrogen and oxygen atoms in total. The Morgan fingerprint density at radius 1 is 1.03 bits per heavy atom. The van der Waals surface area contributed by atoms with E-state index in [9.17, 15) is 4.79 Å². The van der Waals surface area contributed by atoms with Crippen LogP contribution in [0.2, 0.25) is 0 Å². The molecule has 164 valence electrons. The molecule has 3 aromatic rings. The first kappa shape index (κ1) is 22.3. The number of aromatic nitrogens is 1. The molecule has 0 spiro atoms. The second-order valence-electron chi connectivity index (χ2n) is 7.87. The number of hydrogen-bond donors (Lipinski definition) is 1. The molecule has 0 fully saturated rings. The van der Waals surface area contributed by atoms with E-state index in [4.69, 9.17) is 9.47 Å². The van der Waals surface area contributed by atoms with Crippen molar-refractivity contribution < 1.29 is 14.3 Å². The Bertz CT molecular complexity index is 987. The van der Waals surface area contributed by atoms with Crippen LogP contribution in [0, 0.1) is 6.92 Å². The van der Waals surface area contributed by atoms with Crippen molar-refractivity contribution in [3.8, 4) is 11.5 Å². The number of methoxy groups -OCH3 is 2. The summed E-state index contributed by atoms with van der Waals surface area (Å²) in [6.45, 7) is 7.38. The third-order valence-electron chi connectivity index (χ3n) is 5.22. The van der Waals surface area contributed by atoms with E-state index in [0.29, 0.717) is 23.7 Å². The van der Waals surface area contributed by atoms with Gasteiger partial charge in [-0.1, -0.05) is 29.8 Å². The number of urea groups is 1. The van der Waals surface area contributed by atoms with Crippen molar-refractivity contribution >= 4 is 11.7 Å². The maximum Gasteiger partial charge on any atom is 0.322 e. The molecular formula is C25H31N3O3. The summed E-state index contributed by atoms with van der Waals surface area (Å²) in [6.07, 6.45) is 2.05. The smallest absolute Gasteiger partial charge is 0.322 e. The summed E-state index contributed by atoms with van der Waals surface area (Å²) in [5.74, 6) is 1.25. The molecule has 0 atom stereocenters. The number of anilines is 1. The highest BCUT2D eigenvalue weighted by Crippen LogP contribution is 2.26. The van der Waals surface area contributed by atoms with Gasteiger partial charge >= 0.3 is 6.03 Å². The number of rotatable bonds is 8. The zero-order chi connectivity index (χ0) is 22.4. The summed E-state index contributed by atoms with van der Waals surface area (Å²) in [7, 11) is 3.17. The van der Waals surface area contributed by atoms with Gasteiger partial charge in [0.2, 0.25) is 0 Å². The third kappa shape index (κ3) is 5.81. The number of nitrogens with zero attached hydrogens (tertiary/aromatic N) is 2. The largest absolute Gasteiger partial charge is 0.497 e. The van der Waals surface area contributed by atoms with Crippen LogP contribution in [0.1, 0.15) is 30.7 Å². The first-order valence-corrected chi connectivity index (χ1v) is 10.4. The summed E-state index contributed by atoms with van der Waals surface area (Å²) in [5, 5.41) is 2.98. The lowest BCUT2D eigenvalue weighted by Gasteiger charge is -2.28. The molecule has 1 aromatic heterocycles. The summed E-state index contributed by atoms with van der Waals surface area (Å²) >= 11 is 0. The van der Waals surface area contributed by atoms with Gasteiger partial charge in [0.25, 0.3) is 0 Å². The third-order valence-corrected chi connectivity index (χ3v) is 5.22. The van der Waals surface area contributed by atoms with Gasteiger partial charge in [0.1, 0.15) is 11.5 Å². The SMILES string of the molecule is COc1cc(NC(=O)N(Cc2cccn2Cc2ccc(C)cc2)C(C)C)cc(OC)c1. The number of carbonyl (C=O) groups is 1. The van der Waals surface area contributed by atoms with Crippen LogP contribution in [-0.4, -0.2) is 35.8 Å². The molecule has 1 heterocycles. The summed E-state index contributed by atoms with van der Waals surface area (Å²) in [4.78, 5) is 14.9. The molecule has 0 aliphatic rings. The van der Waals surface area contributed by atoms with Crippen LogP contribution in [0.15, 0.2) is 60.8 Å². The van der Waals surface area contributed by atoms with Crippen molar-refractivity contribution in [3.05, 3.63) is 77.6 Å². The molecule has 0 unspecified atom stereocenters. The van der Waals surface area contributed by atoms with E-state index in [2.05, 4.69) is 53.3 Å². The van der Waals surface area contributed by atoms with Gasteiger partial charge in [-0.25, -0.2) is 4.79 Å². The molecule has 6 heteroatoms. The van der Waals surface area contributed by atoms with Gasteiger partial charge in [0, 0.05) is 48.4 Å². The van der Waals surface area contributed by atoms with Crippen molar-refractivity contribution in [2.75, 3.05) is 19.5 Å². The van der Waals surface area contributed by atoms with Crippen molar-refractivity contribution in [1.29, 1.82) is 0 Å². The lowest BCUT2D eigenvalue weighted by Crippen LogP contribution is -2.40. The summed E-state index contributed by atoms with van der Waals surface area (Å²) < 4.78 is 12.8. The van der Waals surface area contributed by atoms with Crippen molar-refractivity contribution in [2.45, 2.75) is 39.9 Å². The van der Waals surface area contributed by atoms with E-state index in [-0.39, 0.29) is 12.1 Å². The van der Waals surface area contributed by atoms with E-state index < -0.39 is 0 Å². The Morgan fingerprint density at radius 3 is 2.26 bits per heavy atom. The fourth-order valence-corrected chi connectivity index (χ4v) is 3.38. The van der Waals surface area contributed by atoms with Crippen molar-refractivity contribution in [1.82, 2.24) is 9.47 Å². The predicted molar refractivity (Wildman–Crippen MR) is 124 cm³/mol. The Morgan fingerprint density at radius 2 is 1.68 bits per heavy atom. The molecule has 0 aliphatic carbocycles. The highest BCUT2D eigenvalue weighted by Gasteiger charge is 2.19. The molecule has 0 saturated carbocycles. The van der Waals surface area contributed by atoms with Crippen LogP contribution < -0.4 is 14.8 Å². The van der Waals surface area contributed by atoms with E-state index in [1.54, 1.807) is 32.4 Å². The molecule has 1 N–H and O–H groups in total. The van der Waals surface area contributed by atoms with Crippen LogP contribution in [-0.2, 0) is 13.1 Å². The Hall–Kier alpha value is -3.41. The fraction of sp³-hybridized carbons (Fsp3) is 0.320. The van der Waals surface area contributed by atoms with Gasteiger partial charge < -0.3 is 24.3 Å². The maximum absolute atomic E-state index is 13.1. The highest BCUT2D eigenvalue weighted by atomic mass is 16.5. The molecule has 2 amide bonds. The number of ether oxygens (including phenoxy) is 2. The number of nitrogens with one attached hydrogen (secondary N) is 1. The number of carbonyl (C=O) groups excluding carboxylic acids is 1. The van der Waals surface area contributed by atoms with Crippen LogP contribution in [0.25, 0.3) is 0 Å². The first-order chi connectivity index (χ1) is 14.9. The molecule has 0 radical (unpaired) electrons. The van der Waals surface area contributed by atoms with Crippen molar-refractivity contribution in [3.63, 3.8) is 0 Å². The van der Waals surface area contributed by atoms with Gasteiger partial charge in [-0.15, -0.1) is 0 Å². The van der Waals surface area contributed by atoms with E-state index >= 15 is 0 Å². The second kappa shape index (κ2) is 10.1. The summed E-state index contributed by atoms with van der Waals surface area (Å²) in [5.41, 5.74) is 4.18. The average molecular weight is 422 g/mol. The van der Waals surface area contributed by atoms with Gasteiger partial charge in [-0.2, -0.15) is 0 Å². The molecule has 31 heavy (non-hydrogen) atoms. The van der Waals surface area contributed by atoms with Crippen molar-refractivity contribution in [2.24, 2.45) is 0 Å². The molecule has 0 aliphatic heterocycles. The first-order valence-electron chi connectivity index (χ1n) is 10.4. The van der Waals surface area contributed by atoms with Crippen LogP contribution >= 0.6 is 0 Å². The lowest BCUT2D eigenvalue weighted by atomic mass is 10.1. The van der Waals surface area contributed by atoms with E-state index in [1.165, 1.54) is 11.1 Å². The number of benzene rings is 2. The monoisotopic (exact) mass is 421 g/mol. The lowest BCUT2D eigenvalue weighted by molar-refractivity contribution is 0.192. The minimum atomic E-state index is -0.173. The molecule has 0 bridgehead atoms. The summed E-state index contributed by atoms with van der Waals surface area (Å²) in [6, 6.07) is 17.8. The normalized spacial score (nSPS) is 10.8. The number of hydrogen-bond acceptors (Lipinski definition) is 3. The van der Waals surface area contributed by atoms with Gasteiger partial charge in [-0.05, 0) is 38.5 Å². The van der Waals surface area contributed by atoms with Crippen LogP contribution in [0.3, 0.4) is 0 Å². The molecule has 2 aromatic carbocycles. The fourth-order valence-electron chi connectivity index (χ4n) is 3.38.